The Morgan fingerprint density at radius 2 is 1.75 bits per heavy atom. The third kappa shape index (κ3) is 4.74. The van der Waals surface area contributed by atoms with Gasteiger partial charge >= 0.3 is 0 Å². The molecule has 1 unspecified atom stereocenters. The van der Waals surface area contributed by atoms with Gasteiger partial charge in [0.25, 0.3) is 11.7 Å². The van der Waals surface area contributed by atoms with Gasteiger partial charge in [0.2, 0.25) is 6.79 Å². The van der Waals surface area contributed by atoms with Gasteiger partial charge in [0.05, 0.1) is 18.7 Å². The van der Waals surface area contributed by atoms with Crippen LogP contribution < -0.4 is 19.1 Å². The van der Waals surface area contributed by atoms with Crippen molar-refractivity contribution in [2.75, 3.05) is 32.9 Å². The molecule has 2 heterocycles. The second kappa shape index (κ2) is 10.6. The number of ketones is 1. The van der Waals surface area contributed by atoms with E-state index in [-0.39, 0.29) is 30.6 Å². The van der Waals surface area contributed by atoms with Crippen LogP contribution in [0.25, 0.3) is 5.76 Å². The minimum Gasteiger partial charge on any atom is -0.507 e. The standard InChI is InChI=1S/C32H34N2O6/c1-18(2)23-15-24(19(3)13-26(23)38-6)30(35)28-29(21-8-10-22(11-9-21)33(4)5)34(32(37)31(28)36)16-20-7-12-25-27(14-20)40-17-39-25/h7-15,18,29,35H,16-17H2,1-6H3/b30-28+. The molecule has 2 aliphatic heterocycles. The van der Waals surface area contributed by atoms with Crippen molar-refractivity contribution in [3.8, 4) is 17.2 Å². The zero-order valence-corrected chi connectivity index (χ0v) is 23.6. The molecule has 8 heteroatoms. The Hall–Kier alpha value is -4.46. The van der Waals surface area contributed by atoms with Gasteiger partial charge in [0.15, 0.2) is 11.5 Å². The number of ether oxygens (including phenoxy) is 3. The van der Waals surface area contributed by atoms with Crippen molar-refractivity contribution in [1.29, 1.82) is 0 Å². The summed E-state index contributed by atoms with van der Waals surface area (Å²) in [6.45, 7) is 6.21. The molecule has 1 atom stereocenters. The van der Waals surface area contributed by atoms with E-state index in [1.165, 1.54) is 4.90 Å². The van der Waals surface area contributed by atoms with Crippen LogP contribution in [0, 0.1) is 6.92 Å². The largest absolute Gasteiger partial charge is 0.507 e. The van der Waals surface area contributed by atoms with Crippen LogP contribution in [0.4, 0.5) is 5.69 Å². The zero-order chi connectivity index (χ0) is 28.7. The molecule has 208 valence electrons. The fourth-order valence-corrected chi connectivity index (χ4v) is 5.31. The highest BCUT2D eigenvalue weighted by Gasteiger charge is 2.46. The summed E-state index contributed by atoms with van der Waals surface area (Å²) in [7, 11) is 5.50. The number of methoxy groups -OCH3 is 1. The van der Waals surface area contributed by atoms with E-state index in [1.807, 2.05) is 88.3 Å². The minimum absolute atomic E-state index is 0.0614. The van der Waals surface area contributed by atoms with Crippen molar-refractivity contribution in [3.05, 3.63) is 88.0 Å². The Labute approximate surface area is 234 Å². The van der Waals surface area contributed by atoms with Crippen LogP contribution in [-0.4, -0.2) is 49.7 Å². The van der Waals surface area contributed by atoms with Crippen molar-refractivity contribution < 1.29 is 28.9 Å². The number of aliphatic hydroxyl groups excluding tert-OH is 1. The van der Waals surface area contributed by atoms with Gasteiger partial charge < -0.3 is 29.1 Å². The summed E-state index contributed by atoms with van der Waals surface area (Å²) in [5, 5.41) is 11.7. The first-order valence-electron chi connectivity index (χ1n) is 13.2. The molecule has 0 saturated carbocycles. The molecule has 0 bridgehead atoms. The van der Waals surface area contributed by atoms with E-state index in [0.717, 1.165) is 27.9 Å². The molecule has 3 aromatic carbocycles. The number of fused-ring (bicyclic) bond motifs is 1. The van der Waals surface area contributed by atoms with Gasteiger partial charge in [-0.2, -0.15) is 0 Å². The number of hydrogen-bond donors (Lipinski definition) is 1. The first-order valence-corrected chi connectivity index (χ1v) is 13.2. The molecular formula is C32H34N2O6. The maximum atomic E-state index is 13.6. The molecule has 8 nitrogen and oxygen atoms in total. The Morgan fingerprint density at radius 1 is 1.05 bits per heavy atom. The molecule has 5 rings (SSSR count). The highest BCUT2D eigenvalue weighted by atomic mass is 16.7. The molecule has 1 saturated heterocycles. The van der Waals surface area contributed by atoms with E-state index in [9.17, 15) is 14.7 Å². The Kier molecular flexibility index (Phi) is 7.19. The van der Waals surface area contributed by atoms with Crippen molar-refractivity contribution >= 4 is 23.1 Å². The van der Waals surface area contributed by atoms with Crippen molar-refractivity contribution in [1.82, 2.24) is 4.90 Å². The fourth-order valence-electron chi connectivity index (χ4n) is 5.31. The molecule has 0 aliphatic carbocycles. The summed E-state index contributed by atoms with van der Waals surface area (Å²) in [6.07, 6.45) is 0. The van der Waals surface area contributed by atoms with Gasteiger partial charge in [-0.05, 0) is 71.5 Å². The minimum atomic E-state index is -0.786. The first kappa shape index (κ1) is 27.1. The van der Waals surface area contributed by atoms with Crippen molar-refractivity contribution in [2.24, 2.45) is 0 Å². The molecule has 1 fully saturated rings. The normalized spacial score (nSPS) is 17.6. The van der Waals surface area contributed by atoms with Crippen LogP contribution in [0.1, 0.15) is 53.6 Å². The molecule has 1 amide bonds. The van der Waals surface area contributed by atoms with Gasteiger partial charge in [-0.3, -0.25) is 9.59 Å². The van der Waals surface area contributed by atoms with Crippen LogP contribution in [-0.2, 0) is 16.1 Å². The van der Waals surface area contributed by atoms with E-state index in [2.05, 4.69) is 0 Å². The molecule has 0 spiro atoms. The highest BCUT2D eigenvalue weighted by molar-refractivity contribution is 6.46. The van der Waals surface area contributed by atoms with Crippen molar-refractivity contribution in [3.63, 3.8) is 0 Å². The number of rotatable bonds is 7. The fraction of sp³-hybridized carbons (Fsp3) is 0.312. The second-order valence-electron chi connectivity index (χ2n) is 10.7. The van der Waals surface area contributed by atoms with Crippen LogP contribution in [0.5, 0.6) is 17.2 Å². The summed E-state index contributed by atoms with van der Waals surface area (Å²) >= 11 is 0. The molecule has 40 heavy (non-hydrogen) atoms. The van der Waals surface area contributed by atoms with Gasteiger partial charge in [0.1, 0.15) is 11.5 Å². The third-order valence-corrected chi connectivity index (χ3v) is 7.51. The van der Waals surface area contributed by atoms with Gasteiger partial charge in [-0.1, -0.05) is 32.0 Å². The smallest absolute Gasteiger partial charge is 0.295 e. The van der Waals surface area contributed by atoms with E-state index in [0.29, 0.717) is 22.8 Å². The van der Waals surface area contributed by atoms with E-state index in [4.69, 9.17) is 14.2 Å². The van der Waals surface area contributed by atoms with Crippen LogP contribution in [0.3, 0.4) is 0 Å². The number of hydrogen-bond acceptors (Lipinski definition) is 7. The number of aliphatic hydroxyl groups is 1. The number of carbonyl (C=O) groups excluding carboxylic acids is 2. The average molecular weight is 543 g/mol. The number of benzene rings is 3. The van der Waals surface area contributed by atoms with Gasteiger partial charge in [-0.15, -0.1) is 0 Å². The lowest BCUT2D eigenvalue weighted by Crippen LogP contribution is -2.29. The predicted molar refractivity (Wildman–Crippen MR) is 153 cm³/mol. The maximum absolute atomic E-state index is 13.6. The van der Waals surface area contributed by atoms with Crippen LogP contribution in [0.15, 0.2) is 60.2 Å². The lowest BCUT2D eigenvalue weighted by atomic mass is 9.91. The Balaban J connectivity index is 1.66. The summed E-state index contributed by atoms with van der Waals surface area (Å²) in [6, 6.07) is 16.0. The lowest BCUT2D eigenvalue weighted by Gasteiger charge is -2.26. The van der Waals surface area contributed by atoms with Gasteiger partial charge in [0, 0.05) is 31.9 Å². The van der Waals surface area contributed by atoms with Crippen LogP contribution in [0.2, 0.25) is 0 Å². The molecule has 0 aromatic heterocycles. The number of anilines is 1. The predicted octanol–water partition coefficient (Wildman–Crippen LogP) is 5.54. The highest BCUT2D eigenvalue weighted by Crippen LogP contribution is 2.43. The van der Waals surface area contributed by atoms with Crippen LogP contribution >= 0.6 is 0 Å². The first-order chi connectivity index (χ1) is 19.1. The monoisotopic (exact) mass is 542 g/mol. The Morgan fingerprint density at radius 3 is 2.40 bits per heavy atom. The molecule has 2 aliphatic rings. The summed E-state index contributed by atoms with van der Waals surface area (Å²) in [5.74, 6) is 0.467. The zero-order valence-electron chi connectivity index (χ0n) is 23.6. The van der Waals surface area contributed by atoms with Crippen molar-refractivity contribution in [2.45, 2.75) is 39.3 Å². The summed E-state index contributed by atoms with van der Waals surface area (Å²) in [5.41, 5.74) is 4.68. The second-order valence-corrected chi connectivity index (χ2v) is 10.7. The topological polar surface area (TPSA) is 88.5 Å². The lowest BCUT2D eigenvalue weighted by molar-refractivity contribution is -0.140. The van der Waals surface area contributed by atoms with E-state index >= 15 is 0 Å². The summed E-state index contributed by atoms with van der Waals surface area (Å²) < 4.78 is 16.5. The Bertz CT molecular complexity index is 1510. The molecule has 3 aromatic rings. The summed E-state index contributed by atoms with van der Waals surface area (Å²) in [4.78, 5) is 30.7. The van der Waals surface area contributed by atoms with E-state index in [1.54, 1.807) is 13.2 Å². The number of nitrogens with zero attached hydrogens (tertiary/aromatic N) is 2. The molecule has 1 N–H and O–H groups in total. The quantitative estimate of drug-likeness (QED) is 0.238. The third-order valence-electron chi connectivity index (χ3n) is 7.51. The number of amides is 1. The number of carbonyl (C=O) groups is 2. The average Bonchev–Trinajstić information content (AvgIpc) is 3.50. The number of aryl methyl sites for hydroxylation is 1. The SMILES string of the molecule is COc1cc(C)c(/C(O)=C2\C(=O)C(=O)N(Cc3ccc4c(c3)OCO4)C2c2ccc(N(C)C)cc2)cc1C(C)C. The maximum Gasteiger partial charge on any atom is 0.295 e. The van der Waals surface area contributed by atoms with Gasteiger partial charge in [-0.25, -0.2) is 0 Å². The molecular weight excluding hydrogens is 508 g/mol. The number of Topliss-reactive ketones (excluding diaryl/α,β-unsaturated/α-hetero) is 1. The number of likely N-dealkylation sites (tertiary alicyclic amines) is 1. The molecule has 0 radical (unpaired) electrons. The van der Waals surface area contributed by atoms with E-state index < -0.39 is 17.7 Å².